The van der Waals surface area contributed by atoms with E-state index in [2.05, 4.69) is 59.0 Å². The first kappa shape index (κ1) is 61.7. The number of carboxylic acid groups (broad SMARTS) is 6. The molecule has 0 aliphatic rings. The van der Waals surface area contributed by atoms with Gasteiger partial charge in [-0.1, -0.05) is 0 Å². The van der Waals surface area contributed by atoms with E-state index in [4.69, 9.17) is 30.6 Å². The Hall–Kier alpha value is -1.45. The number of hydrogen-bond acceptors (Lipinski definition) is 12. The Bertz CT molecular complexity index is 633. The summed E-state index contributed by atoms with van der Waals surface area (Å²) >= 11 is 12.0. The molecule has 0 amide bonds. The van der Waals surface area contributed by atoms with Crippen molar-refractivity contribution in [1.29, 1.82) is 0 Å². The molecular formula is C29H59O15S3Sn. The van der Waals surface area contributed by atoms with E-state index in [0.717, 1.165) is 0 Å². The Morgan fingerprint density at radius 2 is 0.688 bits per heavy atom. The summed E-state index contributed by atoms with van der Waals surface area (Å²) in [4.78, 5) is 57.3. The van der Waals surface area contributed by atoms with E-state index in [1.807, 2.05) is 0 Å². The molecule has 0 heterocycles. The van der Waals surface area contributed by atoms with E-state index in [9.17, 15) is 28.8 Å². The number of hydrogen-bond donors (Lipinski definition) is 9. The Morgan fingerprint density at radius 1 is 0.458 bits per heavy atom. The van der Waals surface area contributed by atoms with Crippen LogP contribution < -0.4 is 0 Å². The summed E-state index contributed by atoms with van der Waals surface area (Å²) in [5.74, 6) is -5.18. The molecule has 0 atom stereocenters. The van der Waals surface area contributed by atoms with E-state index in [-0.39, 0.29) is 36.5 Å². The topological polar surface area (TPSA) is 251 Å². The van der Waals surface area contributed by atoms with Crippen LogP contribution in [0, 0.1) is 0 Å². The number of methoxy groups -OCH3 is 3. The molecule has 48 heavy (non-hydrogen) atoms. The van der Waals surface area contributed by atoms with Gasteiger partial charge >= 0.3 is 108 Å². The summed E-state index contributed by atoms with van der Waals surface area (Å²) in [5, 5.41) is 47.2. The van der Waals surface area contributed by atoms with Gasteiger partial charge in [-0.05, 0) is 19.3 Å². The Morgan fingerprint density at radius 3 is 0.854 bits per heavy atom. The van der Waals surface area contributed by atoms with Crippen molar-refractivity contribution in [3.05, 3.63) is 0 Å². The fourth-order valence-electron chi connectivity index (χ4n) is 2.01. The summed E-state index contributed by atoms with van der Waals surface area (Å²) in [6.07, 6.45) is 11.1. The molecule has 0 aromatic heterocycles. The molecule has 0 aliphatic heterocycles. The van der Waals surface area contributed by atoms with Crippen molar-refractivity contribution in [2.45, 2.75) is 88.4 Å². The Kier molecular flexibility index (Phi) is 78.2. The van der Waals surface area contributed by atoms with E-state index in [1.165, 1.54) is 43.0 Å². The maximum Gasteiger partial charge on any atom is 0.313 e. The summed E-state index contributed by atoms with van der Waals surface area (Å²) in [6, 6.07) is 0. The van der Waals surface area contributed by atoms with Gasteiger partial charge in [0.05, 0.1) is 17.3 Å². The third-order valence-electron chi connectivity index (χ3n) is 4.15. The van der Waals surface area contributed by atoms with Crippen LogP contribution in [0.1, 0.15) is 84.0 Å². The first-order valence-electron chi connectivity index (χ1n) is 14.8. The van der Waals surface area contributed by atoms with Gasteiger partial charge in [0, 0.05) is 60.4 Å². The average molecular weight is 863 g/mol. The molecule has 287 valence electrons. The monoisotopic (exact) mass is 863 g/mol. The molecule has 0 spiro atoms. The average Bonchev–Trinajstić information content (AvgIpc) is 3.02. The fraction of sp³-hybridized carbons (Fsp3) is 0.793. The van der Waals surface area contributed by atoms with Gasteiger partial charge in [0.15, 0.2) is 0 Å². The summed E-state index contributed by atoms with van der Waals surface area (Å²) in [6.45, 7) is 3.87. The van der Waals surface area contributed by atoms with E-state index >= 15 is 0 Å². The zero-order valence-electron chi connectivity index (χ0n) is 28.6. The third kappa shape index (κ3) is 129. The summed E-state index contributed by atoms with van der Waals surface area (Å²) in [7, 11) is 4.67. The molecule has 0 aromatic carbocycles. The van der Waals surface area contributed by atoms with Crippen LogP contribution in [-0.2, 0) is 43.0 Å². The van der Waals surface area contributed by atoms with Crippen molar-refractivity contribution in [2.24, 2.45) is 0 Å². The maximum atomic E-state index is 9.82. The predicted molar refractivity (Wildman–Crippen MR) is 195 cm³/mol. The SMILES string of the molecule is CCCCCCC[CH2][Sn].COCCCC(=O)O.COCCCC(=O)O.COCCCC(=O)O.O=C(O)CS.O=C(O)CS.O=C(O)CS. The van der Waals surface area contributed by atoms with Gasteiger partial charge in [-0.15, -0.1) is 0 Å². The minimum Gasteiger partial charge on any atom is -0.481 e. The van der Waals surface area contributed by atoms with Crippen molar-refractivity contribution in [3.63, 3.8) is 0 Å². The smallest absolute Gasteiger partial charge is 0.313 e. The number of carboxylic acids is 6. The molecular weight excluding hydrogens is 803 g/mol. The van der Waals surface area contributed by atoms with Crippen molar-refractivity contribution >= 4 is 96.2 Å². The summed E-state index contributed by atoms with van der Waals surface area (Å²) < 4.78 is 15.3. The predicted octanol–water partition coefficient (Wildman–Crippen LogP) is 4.43. The largest absolute Gasteiger partial charge is 0.481 e. The molecule has 3 radical (unpaired) electrons. The molecule has 19 heteroatoms. The van der Waals surface area contributed by atoms with Gasteiger partial charge in [-0.25, -0.2) is 0 Å². The molecule has 0 fully saturated rings. The van der Waals surface area contributed by atoms with Crippen LogP contribution in [0.15, 0.2) is 0 Å². The second-order valence-corrected chi connectivity index (χ2v) is 11.0. The third-order valence-corrected chi connectivity index (χ3v) is 5.97. The number of carbonyl (C=O) groups is 6. The number of ether oxygens (including phenoxy) is 3. The van der Waals surface area contributed by atoms with Crippen LogP contribution in [0.2, 0.25) is 4.44 Å². The van der Waals surface area contributed by atoms with E-state index < -0.39 is 35.8 Å². The molecule has 0 rings (SSSR count). The van der Waals surface area contributed by atoms with Crippen LogP contribution in [0.25, 0.3) is 0 Å². The zero-order chi connectivity index (χ0) is 39.0. The Labute approximate surface area is 315 Å². The van der Waals surface area contributed by atoms with Crippen molar-refractivity contribution in [2.75, 3.05) is 58.4 Å². The van der Waals surface area contributed by atoms with Gasteiger partial charge in [0.1, 0.15) is 0 Å². The number of unbranched alkanes of at least 4 members (excludes halogenated alkanes) is 5. The molecule has 0 unspecified atom stereocenters. The standard InChI is InChI=1S/C8H17.3C5H10O3.3C2H4O2S.Sn/c1-3-5-7-8-6-4-2;3*1-8-4-2-3-5(6)7;3*3-2(4)1-5;/h1,3-8H2,2H3;3*2-4H2,1H3,(H,6,7);3*5H,1H2,(H,3,4);. The number of thiol groups is 3. The van der Waals surface area contributed by atoms with Gasteiger partial charge in [-0.2, -0.15) is 37.9 Å². The number of rotatable bonds is 21. The van der Waals surface area contributed by atoms with Crippen LogP contribution in [0.5, 0.6) is 0 Å². The summed E-state index contributed by atoms with van der Waals surface area (Å²) in [5.41, 5.74) is 0. The number of aliphatic carboxylic acids is 6. The molecule has 0 aromatic rings. The van der Waals surface area contributed by atoms with Crippen LogP contribution >= 0.6 is 37.9 Å². The molecule has 0 bridgehead atoms. The minimum atomic E-state index is -0.881. The first-order valence-corrected chi connectivity index (χ1v) is 18.7. The van der Waals surface area contributed by atoms with Crippen LogP contribution in [-0.4, -0.2) is 147 Å². The molecule has 15 nitrogen and oxygen atoms in total. The van der Waals surface area contributed by atoms with E-state index in [0.29, 0.717) is 39.1 Å². The molecule has 0 saturated heterocycles. The molecule has 0 aliphatic carbocycles. The normalized spacial score (nSPS) is 8.75. The Balaban J connectivity index is -0.0000000828. The minimum absolute atomic E-state index is 0.0833. The maximum absolute atomic E-state index is 9.82. The van der Waals surface area contributed by atoms with Gasteiger partial charge in [-0.3, -0.25) is 28.8 Å². The van der Waals surface area contributed by atoms with Crippen LogP contribution in [0.4, 0.5) is 0 Å². The van der Waals surface area contributed by atoms with E-state index in [1.54, 1.807) is 43.9 Å². The zero-order valence-corrected chi connectivity index (χ0v) is 34.2. The quantitative estimate of drug-likeness (QED) is 0.0440. The first-order chi connectivity index (χ1) is 22.5. The fourth-order valence-corrected chi connectivity index (χ4v) is 2.72. The molecule has 6 N–H and O–H groups in total. The van der Waals surface area contributed by atoms with Crippen molar-refractivity contribution in [3.8, 4) is 0 Å². The van der Waals surface area contributed by atoms with Gasteiger partial charge in [0.25, 0.3) is 0 Å². The molecule has 0 saturated carbocycles. The van der Waals surface area contributed by atoms with Crippen LogP contribution in [0.3, 0.4) is 0 Å². The second-order valence-electron chi connectivity index (χ2n) is 8.64. The second kappa shape index (κ2) is 60.8. The van der Waals surface area contributed by atoms with Crippen molar-refractivity contribution in [1.82, 2.24) is 0 Å². The van der Waals surface area contributed by atoms with Gasteiger partial charge < -0.3 is 44.8 Å². The van der Waals surface area contributed by atoms with Crippen molar-refractivity contribution < 1.29 is 73.6 Å². The van der Waals surface area contributed by atoms with Gasteiger partial charge in [0.2, 0.25) is 0 Å².